The lowest BCUT2D eigenvalue weighted by atomic mass is 9.89. The molecule has 0 unspecified atom stereocenters. The molecule has 17 heavy (non-hydrogen) atoms. The number of piperidine rings is 1. The van der Waals surface area contributed by atoms with Crippen LogP contribution in [0.4, 0.5) is 0 Å². The van der Waals surface area contributed by atoms with Crippen molar-refractivity contribution in [2.24, 2.45) is 0 Å². The molecule has 2 rings (SSSR count). The summed E-state index contributed by atoms with van der Waals surface area (Å²) in [6.45, 7) is 1.78. The van der Waals surface area contributed by atoms with Gasteiger partial charge in [0, 0.05) is 13.1 Å². The van der Waals surface area contributed by atoms with Crippen LogP contribution in [0.15, 0.2) is 24.3 Å². The minimum atomic E-state index is 0.0312. The SMILES string of the molecule is OCCOc1ccccc1C1CCN(O)CC1. The summed E-state index contributed by atoms with van der Waals surface area (Å²) in [5.41, 5.74) is 1.19. The molecule has 2 N–H and O–H groups in total. The molecule has 0 saturated carbocycles. The Hall–Kier alpha value is -1.10. The summed E-state index contributed by atoms with van der Waals surface area (Å²) in [4.78, 5) is 0. The molecular weight excluding hydrogens is 218 g/mol. The molecule has 1 saturated heterocycles. The molecule has 0 bridgehead atoms. The lowest BCUT2D eigenvalue weighted by molar-refractivity contribution is -0.106. The van der Waals surface area contributed by atoms with Gasteiger partial charge in [0.15, 0.2) is 0 Å². The van der Waals surface area contributed by atoms with Crippen molar-refractivity contribution < 1.29 is 15.1 Å². The van der Waals surface area contributed by atoms with E-state index in [1.54, 1.807) is 0 Å². The molecule has 1 aliphatic heterocycles. The molecule has 4 heteroatoms. The molecule has 0 amide bonds. The third-order valence-electron chi connectivity index (χ3n) is 3.18. The summed E-state index contributed by atoms with van der Waals surface area (Å²) >= 11 is 0. The Bertz CT molecular complexity index is 348. The Morgan fingerprint density at radius 2 is 1.94 bits per heavy atom. The van der Waals surface area contributed by atoms with Gasteiger partial charge in [0.2, 0.25) is 0 Å². The summed E-state index contributed by atoms with van der Waals surface area (Å²) in [6.07, 6.45) is 1.88. The van der Waals surface area contributed by atoms with Gasteiger partial charge in [0.1, 0.15) is 12.4 Å². The molecule has 0 radical (unpaired) electrons. The molecule has 1 aromatic rings. The first kappa shape index (κ1) is 12.4. The second-order valence-corrected chi connectivity index (χ2v) is 4.34. The minimum Gasteiger partial charge on any atom is -0.491 e. The van der Waals surface area contributed by atoms with E-state index in [-0.39, 0.29) is 6.61 Å². The maximum Gasteiger partial charge on any atom is 0.122 e. The lowest BCUT2D eigenvalue weighted by Gasteiger charge is -2.28. The summed E-state index contributed by atoms with van der Waals surface area (Å²) in [5.74, 6) is 1.30. The van der Waals surface area contributed by atoms with Gasteiger partial charge in [0.25, 0.3) is 0 Å². The number of aliphatic hydroxyl groups excluding tert-OH is 1. The van der Waals surface area contributed by atoms with Crippen molar-refractivity contribution in [2.75, 3.05) is 26.3 Å². The van der Waals surface area contributed by atoms with Crippen molar-refractivity contribution in [3.05, 3.63) is 29.8 Å². The topological polar surface area (TPSA) is 52.9 Å². The van der Waals surface area contributed by atoms with E-state index < -0.39 is 0 Å². The van der Waals surface area contributed by atoms with E-state index in [9.17, 15) is 5.21 Å². The fourth-order valence-corrected chi connectivity index (χ4v) is 2.28. The average Bonchev–Trinajstić information content (AvgIpc) is 2.38. The Kier molecular flexibility index (Phi) is 4.36. The van der Waals surface area contributed by atoms with Gasteiger partial charge in [-0.25, -0.2) is 0 Å². The number of rotatable bonds is 4. The van der Waals surface area contributed by atoms with Gasteiger partial charge >= 0.3 is 0 Å². The predicted molar refractivity (Wildman–Crippen MR) is 64.4 cm³/mol. The van der Waals surface area contributed by atoms with Crippen LogP contribution in [0.2, 0.25) is 0 Å². The average molecular weight is 237 g/mol. The number of hydroxylamine groups is 2. The summed E-state index contributed by atoms with van der Waals surface area (Å²) in [5, 5.41) is 19.5. The fourth-order valence-electron chi connectivity index (χ4n) is 2.28. The van der Waals surface area contributed by atoms with Crippen LogP contribution >= 0.6 is 0 Å². The molecule has 1 heterocycles. The van der Waals surface area contributed by atoms with Gasteiger partial charge in [0.05, 0.1) is 6.61 Å². The normalized spacial score (nSPS) is 18.2. The van der Waals surface area contributed by atoms with Crippen molar-refractivity contribution in [1.29, 1.82) is 0 Å². The van der Waals surface area contributed by atoms with E-state index in [4.69, 9.17) is 9.84 Å². The minimum absolute atomic E-state index is 0.0312. The second kappa shape index (κ2) is 6.00. The van der Waals surface area contributed by atoms with Gasteiger partial charge in [-0.2, -0.15) is 5.06 Å². The van der Waals surface area contributed by atoms with Crippen LogP contribution in [0.1, 0.15) is 24.3 Å². The van der Waals surface area contributed by atoms with Crippen LogP contribution in [-0.4, -0.2) is 41.7 Å². The van der Waals surface area contributed by atoms with E-state index in [1.807, 2.05) is 18.2 Å². The highest BCUT2D eigenvalue weighted by molar-refractivity contribution is 5.36. The van der Waals surface area contributed by atoms with E-state index in [0.717, 1.165) is 18.6 Å². The fraction of sp³-hybridized carbons (Fsp3) is 0.538. The van der Waals surface area contributed by atoms with E-state index in [1.165, 1.54) is 10.6 Å². The summed E-state index contributed by atoms with van der Waals surface area (Å²) in [6, 6.07) is 7.96. The van der Waals surface area contributed by atoms with Crippen molar-refractivity contribution in [3.63, 3.8) is 0 Å². The number of aliphatic hydroxyl groups is 1. The van der Waals surface area contributed by atoms with E-state index >= 15 is 0 Å². The Morgan fingerprint density at radius 3 is 2.65 bits per heavy atom. The first-order valence-electron chi connectivity index (χ1n) is 6.07. The predicted octanol–water partition coefficient (Wildman–Crippen LogP) is 1.63. The van der Waals surface area contributed by atoms with Crippen molar-refractivity contribution in [3.8, 4) is 5.75 Å². The summed E-state index contributed by atoms with van der Waals surface area (Å²) < 4.78 is 5.54. The molecule has 1 aliphatic rings. The third kappa shape index (κ3) is 3.19. The van der Waals surface area contributed by atoms with Crippen LogP contribution in [0.25, 0.3) is 0 Å². The second-order valence-electron chi connectivity index (χ2n) is 4.34. The van der Waals surface area contributed by atoms with E-state index in [0.29, 0.717) is 25.6 Å². The maximum atomic E-state index is 9.35. The standard InChI is InChI=1S/C13H19NO3/c15-9-10-17-13-4-2-1-3-12(13)11-5-7-14(16)8-6-11/h1-4,11,15-16H,5-10H2. The molecule has 0 aromatic heterocycles. The summed E-state index contributed by atoms with van der Waals surface area (Å²) in [7, 11) is 0. The monoisotopic (exact) mass is 237 g/mol. The Balaban J connectivity index is 2.08. The largest absolute Gasteiger partial charge is 0.491 e. The molecule has 0 spiro atoms. The van der Waals surface area contributed by atoms with Gasteiger partial charge in [-0.3, -0.25) is 0 Å². The van der Waals surface area contributed by atoms with Gasteiger partial charge in [-0.15, -0.1) is 0 Å². The molecule has 1 fully saturated rings. The quantitative estimate of drug-likeness (QED) is 0.835. The molecule has 4 nitrogen and oxygen atoms in total. The van der Waals surface area contributed by atoms with Crippen LogP contribution in [0, 0.1) is 0 Å². The molecular formula is C13H19NO3. The zero-order valence-electron chi connectivity index (χ0n) is 9.88. The molecule has 0 atom stereocenters. The smallest absolute Gasteiger partial charge is 0.122 e. The number of para-hydroxylation sites is 1. The van der Waals surface area contributed by atoms with Crippen LogP contribution in [-0.2, 0) is 0 Å². The maximum absolute atomic E-state index is 9.35. The van der Waals surface area contributed by atoms with Crippen LogP contribution < -0.4 is 4.74 Å². The molecule has 0 aliphatic carbocycles. The molecule has 1 aromatic carbocycles. The number of nitrogens with zero attached hydrogens (tertiary/aromatic N) is 1. The highest BCUT2D eigenvalue weighted by Crippen LogP contribution is 2.33. The van der Waals surface area contributed by atoms with Crippen LogP contribution in [0.5, 0.6) is 5.75 Å². The zero-order chi connectivity index (χ0) is 12.1. The number of benzene rings is 1. The first-order valence-corrected chi connectivity index (χ1v) is 6.07. The lowest BCUT2D eigenvalue weighted by Crippen LogP contribution is -2.30. The number of hydrogen-bond acceptors (Lipinski definition) is 4. The first-order chi connectivity index (χ1) is 8.31. The van der Waals surface area contributed by atoms with Gasteiger partial charge in [-0.05, 0) is 30.4 Å². The van der Waals surface area contributed by atoms with Crippen LogP contribution in [0.3, 0.4) is 0 Å². The van der Waals surface area contributed by atoms with E-state index in [2.05, 4.69) is 6.07 Å². The third-order valence-corrected chi connectivity index (χ3v) is 3.18. The highest BCUT2D eigenvalue weighted by Gasteiger charge is 2.21. The Morgan fingerprint density at radius 1 is 1.24 bits per heavy atom. The van der Waals surface area contributed by atoms with Crippen molar-refractivity contribution in [2.45, 2.75) is 18.8 Å². The van der Waals surface area contributed by atoms with Gasteiger partial charge < -0.3 is 15.1 Å². The molecule has 94 valence electrons. The zero-order valence-corrected chi connectivity index (χ0v) is 9.88. The van der Waals surface area contributed by atoms with Crippen molar-refractivity contribution in [1.82, 2.24) is 5.06 Å². The van der Waals surface area contributed by atoms with Crippen molar-refractivity contribution >= 4 is 0 Å². The van der Waals surface area contributed by atoms with Gasteiger partial charge in [-0.1, -0.05) is 18.2 Å². The highest BCUT2D eigenvalue weighted by atomic mass is 16.5. The Labute approximate surface area is 101 Å². The number of hydrogen-bond donors (Lipinski definition) is 2. The number of ether oxygens (including phenoxy) is 1.